The zero-order valence-corrected chi connectivity index (χ0v) is 26.6. The number of imidazole rings is 1. The van der Waals surface area contributed by atoms with Crippen molar-refractivity contribution in [3.8, 4) is 34.1 Å². The van der Waals surface area contributed by atoms with Crippen LogP contribution in [0.25, 0.3) is 33.5 Å². The molecule has 10 nitrogen and oxygen atoms in total. The lowest BCUT2D eigenvalue weighted by Crippen LogP contribution is -2.31. The van der Waals surface area contributed by atoms with E-state index in [2.05, 4.69) is 40.0 Å². The van der Waals surface area contributed by atoms with E-state index >= 15 is 0 Å². The Balaban J connectivity index is 1.14. The van der Waals surface area contributed by atoms with Crippen LogP contribution >= 0.6 is 0 Å². The van der Waals surface area contributed by atoms with Crippen LogP contribution in [0.15, 0.2) is 85.1 Å². The van der Waals surface area contributed by atoms with Crippen molar-refractivity contribution in [2.75, 3.05) is 13.2 Å². The monoisotopic (exact) mass is 641 g/mol. The maximum atomic E-state index is 11.8. The molecule has 0 amide bonds. The van der Waals surface area contributed by atoms with Gasteiger partial charge in [-0.15, -0.1) is 0 Å². The van der Waals surface area contributed by atoms with Gasteiger partial charge in [0.15, 0.2) is 0 Å². The molecule has 1 atom stereocenters. The van der Waals surface area contributed by atoms with E-state index in [-0.39, 0.29) is 11.7 Å². The lowest BCUT2D eigenvalue weighted by molar-refractivity contribution is -0.0589. The summed E-state index contributed by atoms with van der Waals surface area (Å²) in [6, 6.07) is 25.6. The van der Waals surface area contributed by atoms with Gasteiger partial charge in [0.05, 0.1) is 47.2 Å². The van der Waals surface area contributed by atoms with Gasteiger partial charge in [-0.05, 0) is 72.9 Å². The van der Waals surface area contributed by atoms with Gasteiger partial charge >= 0.3 is 5.97 Å². The van der Waals surface area contributed by atoms with E-state index in [1.807, 2.05) is 48.3 Å². The number of rotatable bonds is 6. The third kappa shape index (κ3) is 5.91. The third-order valence-corrected chi connectivity index (χ3v) is 9.24. The largest absolute Gasteiger partial charge is 0.493 e. The van der Waals surface area contributed by atoms with Crippen LogP contribution in [0.1, 0.15) is 45.7 Å². The molecule has 0 aliphatic carbocycles. The molecular weight excluding hydrogens is 606 g/mol. The van der Waals surface area contributed by atoms with Gasteiger partial charge < -0.3 is 23.9 Å². The lowest BCUT2D eigenvalue weighted by Gasteiger charge is -2.27. The van der Waals surface area contributed by atoms with Crippen LogP contribution in [0.2, 0.25) is 0 Å². The van der Waals surface area contributed by atoms with Crippen molar-refractivity contribution in [1.29, 1.82) is 0 Å². The van der Waals surface area contributed by atoms with Gasteiger partial charge in [0.25, 0.3) is 0 Å². The van der Waals surface area contributed by atoms with E-state index in [0.717, 1.165) is 82.1 Å². The summed E-state index contributed by atoms with van der Waals surface area (Å²) in [6.45, 7) is 2.29. The van der Waals surface area contributed by atoms with Crippen molar-refractivity contribution in [3.05, 3.63) is 113 Å². The number of carboxylic acid groups (broad SMARTS) is 1. The predicted molar refractivity (Wildman–Crippen MR) is 180 cm³/mol. The summed E-state index contributed by atoms with van der Waals surface area (Å²) < 4.78 is 22.6. The van der Waals surface area contributed by atoms with Gasteiger partial charge in [-0.3, -0.25) is 4.68 Å². The predicted octanol–water partition coefficient (Wildman–Crippen LogP) is 6.48. The molecule has 0 saturated carbocycles. The summed E-state index contributed by atoms with van der Waals surface area (Å²) >= 11 is 0. The van der Waals surface area contributed by atoms with Crippen molar-refractivity contribution in [2.24, 2.45) is 7.05 Å². The summed E-state index contributed by atoms with van der Waals surface area (Å²) in [5.74, 6) is 1.20. The molecule has 48 heavy (non-hydrogen) atoms. The molecule has 2 aliphatic heterocycles. The first-order valence-corrected chi connectivity index (χ1v) is 16.3. The van der Waals surface area contributed by atoms with E-state index in [9.17, 15) is 9.90 Å². The Morgan fingerprint density at radius 1 is 0.938 bits per heavy atom. The topological polar surface area (TPSA) is 114 Å². The summed E-state index contributed by atoms with van der Waals surface area (Å²) in [6.07, 6.45) is 4.98. The highest BCUT2D eigenvalue weighted by Gasteiger charge is 2.23. The molecule has 242 valence electrons. The maximum absolute atomic E-state index is 11.8. The first-order valence-electron chi connectivity index (χ1n) is 16.3. The normalized spacial score (nSPS) is 15.9. The second kappa shape index (κ2) is 12.6. The fourth-order valence-electron chi connectivity index (χ4n) is 6.51. The number of aromatic nitrogens is 5. The summed E-state index contributed by atoms with van der Waals surface area (Å²) in [4.78, 5) is 21.6. The number of aromatic carboxylic acids is 1. The van der Waals surface area contributed by atoms with Gasteiger partial charge in [-0.2, -0.15) is 5.10 Å². The summed E-state index contributed by atoms with van der Waals surface area (Å²) in [5, 5.41) is 14.0. The van der Waals surface area contributed by atoms with Crippen molar-refractivity contribution in [1.82, 2.24) is 24.3 Å². The molecule has 4 bridgehead atoms. The van der Waals surface area contributed by atoms with E-state index < -0.39 is 5.97 Å². The second-order valence-electron chi connectivity index (χ2n) is 12.4. The number of hydrogen-bond donors (Lipinski definition) is 1. The van der Waals surface area contributed by atoms with Crippen molar-refractivity contribution in [3.63, 3.8) is 0 Å². The highest BCUT2D eigenvalue weighted by atomic mass is 16.5. The van der Waals surface area contributed by atoms with Crippen LogP contribution in [-0.4, -0.2) is 54.7 Å². The Morgan fingerprint density at radius 2 is 1.83 bits per heavy atom. The molecule has 3 aromatic carbocycles. The Hall–Kier alpha value is -5.48. The van der Waals surface area contributed by atoms with Crippen LogP contribution in [0.4, 0.5) is 0 Å². The van der Waals surface area contributed by atoms with Gasteiger partial charge in [0, 0.05) is 49.0 Å². The van der Waals surface area contributed by atoms with Gasteiger partial charge in [-0.1, -0.05) is 30.3 Å². The third-order valence-electron chi connectivity index (χ3n) is 9.24. The smallest absolute Gasteiger partial charge is 0.335 e. The molecule has 0 spiro atoms. The Bertz CT molecular complexity index is 2150. The average Bonchev–Trinajstić information content (AvgIpc) is 3.66. The van der Waals surface area contributed by atoms with Crippen LogP contribution in [0, 0.1) is 0 Å². The fourth-order valence-corrected chi connectivity index (χ4v) is 6.51. The molecule has 1 fully saturated rings. The molecule has 1 N–H and O–H groups in total. The van der Waals surface area contributed by atoms with E-state index in [1.165, 1.54) is 5.56 Å². The second-order valence-corrected chi connectivity index (χ2v) is 12.4. The molecular formula is C38H35N5O5. The molecule has 3 aromatic heterocycles. The molecule has 6 aromatic rings. The maximum Gasteiger partial charge on any atom is 0.335 e. The number of pyridine rings is 1. The van der Waals surface area contributed by atoms with Gasteiger partial charge in [0.1, 0.15) is 18.2 Å². The number of nitrogens with zero attached hydrogens (tertiary/aromatic N) is 5. The Kier molecular flexibility index (Phi) is 7.85. The number of hydrogen-bond acceptors (Lipinski definition) is 7. The molecule has 0 unspecified atom stereocenters. The van der Waals surface area contributed by atoms with E-state index in [1.54, 1.807) is 18.2 Å². The molecule has 5 heterocycles. The minimum absolute atomic E-state index is 0.0770. The average molecular weight is 642 g/mol. The number of aryl methyl sites for hydroxylation is 2. The number of ether oxygens (including phenoxy) is 3. The van der Waals surface area contributed by atoms with Crippen LogP contribution in [-0.2, 0) is 37.8 Å². The Morgan fingerprint density at radius 3 is 2.65 bits per heavy atom. The Labute approximate surface area is 277 Å². The van der Waals surface area contributed by atoms with Crippen LogP contribution in [0.3, 0.4) is 0 Å². The van der Waals surface area contributed by atoms with Crippen LogP contribution in [0.5, 0.6) is 11.6 Å². The number of carboxylic acids is 1. The zero-order chi connectivity index (χ0) is 32.6. The first-order chi connectivity index (χ1) is 23.5. The van der Waals surface area contributed by atoms with Crippen molar-refractivity contribution < 1.29 is 24.1 Å². The number of carbonyl (C=O) groups is 1. The highest BCUT2D eigenvalue weighted by Crippen LogP contribution is 2.32. The highest BCUT2D eigenvalue weighted by molar-refractivity contribution is 5.92. The molecule has 0 radical (unpaired) electrons. The quantitative estimate of drug-likeness (QED) is 0.220. The van der Waals surface area contributed by atoms with Crippen molar-refractivity contribution in [2.45, 2.75) is 44.9 Å². The van der Waals surface area contributed by atoms with Gasteiger partial charge in [-0.25, -0.2) is 14.8 Å². The number of fused-ring (bicyclic) bond motifs is 7. The van der Waals surface area contributed by atoms with E-state index in [0.29, 0.717) is 32.1 Å². The van der Waals surface area contributed by atoms with Crippen LogP contribution < -0.4 is 9.47 Å². The minimum atomic E-state index is -0.962. The zero-order valence-electron chi connectivity index (χ0n) is 26.6. The van der Waals surface area contributed by atoms with Crippen molar-refractivity contribution >= 4 is 17.0 Å². The minimum Gasteiger partial charge on any atom is -0.493 e. The molecule has 8 rings (SSSR count). The number of benzene rings is 3. The molecule has 1 saturated heterocycles. The standard InChI is InChI=1S/C38H35N5O5/c1-42-33(13-15-39-42)26-8-10-29-23-48-37-6-2-5-31(41-37)25-7-9-27(35(20-25)47-16-3-4-24(29)18-26)21-36-40-32-12-11-28(38(44)45)19-34(32)43(36)22-30-14-17-46-30/h2,5-13,15,18-20,30H,3-4,14,16-17,21-23H2,1H3,(H,44,45)/t30-/m0/s1. The molecule has 2 aliphatic rings. The summed E-state index contributed by atoms with van der Waals surface area (Å²) in [7, 11) is 1.95. The SMILES string of the molecule is Cn1nccc1-c1ccc2c(c1)CCCOc1cc(ccc1Cc1nc3ccc(C(=O)O)cc3n1C[C@@H]1CCO1)-c1cccc(n1)OC2. The fraction of sp³-hybridized carbons (Fsp3) is 0.263. The lowest BCUT2D eigenvalue weighted by atomic mass is 9.99. The first kappa shape index (κ1) is 29.9. The van der Waals surface area contributed by atoms with E-state index in [4.69, 9.17) is 24.2 Å². The van der Waals surface area contributed by atoms with Gasteiger partial charge in [0.2, 0.25) is 5.88 Å². The molecule has 10 heteroatoms. The summed E-state index contributed by atoms with van der Waals surface area (Å²) in [5.41, 5.74) is 8.98.